The molecule has 1 atom stereocenters. The molecular formula is C25H24Cl2FN3O4S. The first-order valence-electron chi connectivity index (χ1n) is 10.8. The second-order valence-electron chi connectivity index (χ2n) is 7.89. The molecule has 0 aliphatic rings. The molecule has 11 heteroatoms. The molecule has 0 fully saturated rings. The van der Waals surface area contributed by atoms with Crippen molar-refractivity contribution in [1.29, 1.82) is 0 Å². The molecule has 0 bridgehead atoms. The molecule has 36 heavy (non-hydrogen) atoms. The summed E-state index contributed by atoms with van der Waals surface area (Å²) in [5, 5.41) is 2.85. The Balaban J connectivity index is 2.05. The highest BCUT2D eigenvalue weighted by molar-refractivity contribution is 7.92. The SMILES string of the molecule is CNC(=O)[C@H](C)N(Cc1ccc(F)cc1)C(=O)CN(c1cc(Cl)cc(Cl)c1)S(=O)(=O)c1ccccc1. The molecule has 0 unspecified atom stereocenters. The monoisotopic (exact) mass is 551 g/mol. The van der Waals surface area contributed by atoms with E-state index in [0.29, 0.717) is 5.56 Å². The van der Waals surface area contributed by atoms with Crippen LogP contribution in [0.5, 0.6) is 0 Å². The Morgan fingerprint density at radius 1 is 0.972 bits per heavy atom. The quantitative estimate of drug-likeness (QED) is 0.424. The second kappa shape index (κ2) is 11.7. The Morgan fingerprint density at radius 3 is 2.11 bits per heavy atom. The first-order valence-corrected chi connectivity index (χ1v) is 13.0. The topological polar surface area (TPSA) is 86.8 Å². The van der Waals surface area contributed by atoms with Gasteiger partial charge in [-0.1, -0.05) is 53.5 Å². The molecule has 1 N–H and O–H groups in total. The highest BCUT2D eigenvalue weighted by Crippen LogP contribution is 2.30. The van der Waals surface area contributed by atoms with Crippen molar-refractivity contribution in [2.75, 3.05) is 17.9 Å². The third-order valence-corrected chi connectivity index (χ3v) is 7.65. The fourth-order valence-corrected chi connectivity index (χ4v) is 5.44. The summed E-state index contributed by atoms with van der Waals surface area (Å²) in [6.45, 7) is 0.826. The number of amides is 2. The van der Waals surface area contributed by atoms with E-state index in [1.807, 2.05) is 0 Å². The second-order valence-corrected chi connectivity index (χ2v) is 10.6. The summed E-state index contributed by atoms with van der Waals surface area (Å²) in [4.78, 5) is 27.2. The number of halogens is 3. The van der Waals surface area contributed by atoms with Gasteiger partial charge in [-0.3, -0.25) is 13.9 Å². The van der Waals surface area contributed by atoms with Gasteiger partial charge in [0.25, 0.3) is 10.0 Å². The average molecular weight is 552 g/mol. The van der Waals surface area contributed by atoms with Gasteiger partial charge in [-0.2, -0.15) is 0 Å². The lowest BCUT2D eigenvalue weighted by Crippen LogP contribution is -2.50. The van der Waals surface area contributed by atoms with E-state index in [1.54, 1.807) is 18.2 Å². The van der Waals surface area contributed by atoms with Gasteiger partial charge in [-0.15, -0.1) is 0 Å². The number of sulfonamides is 1. The molecule has 0 saturated heterocycles. The number of benzene rings is 3. The summed E-state index contributed by atoms with van der Waals surface area (Å²) < 4.78 is 41.5. The first-order chi connectivity index (χ1) is 17.0. The molecule has 0 spiro atoms. The zero-order valence-electron chi connectivity index (χ0n) is 19.5. The Bertz CT molecular complexity index is 1320. The van der Waals surface area contributed by atoms with E-state index in [2.05, 4.69) is 5.32 Å². The van der Waals surface area contributed by atoms with Crippen LogP contribution >= 0.6 is 23.2 Å². The van der Waals surface area contributed by atoms with Gasteiger partial charge in [0.1, 0.15) is 18.4 Å². The highest BCUT2D eigenvalue weighted by atomic mass is 35.5. The van der Waals surface area contributed by atoms with Crippen LogP contribution in [0.1, 0.15) is 12.5 Å². The lowest BCUT2D eigenvalue weighted by atomic mass is 10.1. The summed E-state index contributed by atoms with van der Waals surface area (Å²) in [5.41, 5.74) is 0.641. The van der Waals surface area contributed by atoms with Crippen LogP contribution in [0.2, 0.25) is 10.0 Å². The van der Waals surface area contributed by atoms with Crippen molar-refractivity contribution in [1.82, 2.24) is 10.2 Å². The zero-order chi connectivity index (χ0) is 26.5. The minimum Gasteiger partial charge on any atom is -0.357 e. The largest absolute Gasteiger partial charge is 0.357 e. The van der Waals surface area contributed by atoms with E-state index in [-0.39, 0.29) is 27.2 Å². The van der Waals surface area contributed by atoms with Crippen LogP contribution in [0, 0.1) is 5.82 Å². The molecule has 0 aliphatic heterocycles. The van der Waals surface area contributed by atoms with Crippen LogP contribution in [-0.2, 0) is 26.2 Å². The minimum atomic E-state index is -4.23. The smallest absolute Gasteiger partial charge is 0.264 e. The summed E-state index contributed by atoms with van der Waals surface area (Å²) in [5.74, 6) is -1.56. The van der Waals surface area contributed by atoms with Crippen molar-refractivity contribution in [3.8, 4) is 0 Å². The predicted molar refractivity (Wildman–Crippen MR) is 138 cm³/mol. The van der Waals surface area contributed by atoms with Crippen molar-refractivity contribution >= 4 is 50.7 Å². The first kappa shape index (κ1) is 27.4. The van der Waals surface area contributed by atoms with Gasteiger partial charge in [0.2, 0.25) is 11.8 Å². The van der Waals surface area contributed by atoms with Gasteiger partial charge >= 0.3 is 0 Å². The Kier molecular flexibility index (Phi) is 8.94. The molecule has 0 aliphatic carbocycles. The average Bonchev–Trinajstić information content (AvgIpc) is 2.85. The number of hydrogen-bond acceptors (Lipinski definition) is 4. The summed E-state index contributed by atoms with van der Waals surface area (Å²) in [6, 6.07) is 16.3. The lowest BCUT2D eigenvalue weighted by Gasteiger charge is -2.31. The Morgan fingerprint density at radius 2 is 1.56 bits per heavy atom. The summed E-state index contributed by atoms with van der Waals surface area (Å²) >= 11 is 12.3. The van der Waals surface area contributed by atoms with Crippen molar-refractivity contribution in [3.63, 3.8) is 0 Å². The van der Waals surface area contributed by atoms with Crippen molar-refractivity contribution in [2.45, 2.75) is 24.4 Å². The molecule has 2 amide bonds. The molecule has 3 rings (SSSR count). The Labute approximate surface area is 219 Å². The number of hydrogen-bond donors (Lipinski definition) is 1. The standard InChI is InChI=1S/C25H24Cl2FN3O4S/c1-17(25(33)29-2)30(15-18-8-10-21(28)11-9-18)24(32)16-31(22-13-19(26)12-20(27)14-22)36(34,35)23-6-4-3-5-7-23/h3-14,17H,15-16H2,1-2H3,(H,29,33)/t17-/m0/s1. The number of nitrogens with one attached hydrogen (secondary N) is 1. The molecule has 3 aromatic rings. The third-order valence-electron chi connectivity index (χ3n) is 5.43. The molecule has 0 aromatic heterocycles. The van der Waals surface area contributed by atoms with Crippen LogP contribution in [0.15, 0.2) is 77.7 Å². The van der Waals surface area contributed by atoms with E-state index in [4.69, 9.17) is 23.2 Å². The third kappa shape index (κ3) is 6.54. The van der Waals surface area contributed by atoms with E-state index in [9.17, 15) is 22.4 Å². The number of likely N-dealkylation sites (N-methyl/N-ethyl adjacent to an activating group) is 1. The van der Waals surface area contributed by atoms with E-state index in [1.165, 1.54) is 73.5 Å². The van der Waals surface area contributed by atoms with Crippen LogP contribution in [0.3, 0.4) is 0 Å². The van der Waals surface area contributed by atoms with E-state index >= 15 is 0 Å². The molecular weight excluding hydrogens is 528 g/mol. The van der Waals surface area contributed by atoms with Gasteiger partial charge < -0.3 is 10.2 Å². The molecule has 3 aromatic carbocycles. The van der Waals surface area contributed by atoms with Gasteiger partial charge in [-0.05, 0) is 55.0 Å². The number of rotatable bonds is 9. The zero-order valence-corrected chi connectivity index (χ0v) is 21.8. The maximum absolute atomic E-state index is 13.6. The fourth-order valence-electron chi connectivity index (χ4n) is 3.51. The van der Waals surface area contributed by atoms with Gasteiger partial charge in [-0.25, -0.2) is 12.8 Å². The number of nitrogens with zero attached hydrogens (tertiary/aromatic N) is 2. The number of anilines is 1. The van der Waals surface area contributed by atoms with Crippen LogP contribution < -0.4 is 9.62 Å². The summed E-state index contributed by atoms with van der Waals surface area (Å²) in [7, 11) is -2.80. The van der Waals surface area contributed by atoms with E-state index < -0.39 is 40.2 Å². The van der Waals surface area contributed by atoms with Gasteiger partial charge in [0.05, 0.1) is 10.6 Å². The van der Waals surface area contributed by atoms with Crippen LogP contribution in [-0.4, -0.2) is 44.8 Å². The number of carbonyl (C=O) groups excluding carboxylic acids is 2. The Hall–Kier alpha value is -3.14. The molecule has 0 radical (unpaired) electrons. The maximum atomic E-state index is 13.6. The van der Waals surface area contributed by atoms with Crippen molar-refractivity contribution in [2.24, 2.45) is 0 Å². The maximum Gasteiger partial charge on any atom is 0.264 e. The van der Waals surface area contributed by atoms with Crippen molar-refractivity contribution < 1.29 is 22.4 Å². The molecule has 7 nitrogen and oxygen atoms in total. The fraction of sp³-hybridized carbons (Fsp3) is 0.200. The summed E-state index contributed by atoms with van der Waals surface area (Å²) in [6.07, 6.45) is 0. The minimum absolute atomic E-state index is 0.0432. The van der Waals surface area contributed by atoms with Gasteiger partial charge in [0.15, 0.2) is 0 Å². The molecule has 190 valence electrons. The molecule has 0 saturated carbocycles. The van der Waals surface area contributed by atoms with Crippen LogP contribution in [0.25, 0.3) is 0 Å². The van der Waals surface area contributed by atoms with Gasteiger partial charge in [0, 0.05) is 23.6 Å². The normalized spacial score (nSPS) is 12.0. The van der Waals surface area contributed by atoms with Crippen LogP contribution in [0.4, 0.5) is 10.1 Å². The highest BCUT2D eigenvalue weighted by Gasteiger charge is 2.32. The molecule has 0 heterocycles. The van der Waals surface area contributed by atoms with E-state index in [0.717, 1.165) is 4.31 Å². The lowest BCUT2D eigenvalue weighted by molar-refractivity contribution is -0.139. The predicted octanol–water partition coefficient (Wildman–Crippen LogP) is 4.49. The van der Waals surface area contributed by atoms with Crippen molar-refractivity contribution in [3.05, 3.63) is 94.2 Å². The number of carbonyl (C=O) groups is 2.